The number of carbonyl (C=O) groups is 1. The zero-order valence-corrected chi connectivity index (χ0v) is 8.90. The summed E-state index contributed by atoms with van der Waals surface area (Å²) in [5.41, 5.74) is 0. The molecule has 2 N–H and O–H groups in total. The summed E-state index contributed by atoms with van der Waals surface area (Å²) < 4.78 is 29.5. The standard InChI is InChI=1S/C6H13NO4S2/c1-12-3-2-6(7-5-8)4-13(9,10)11/h5-6H,2-4H2,1H3,(H,7,8)(H,9,10,11)/t6-/m0/s1. The lowest BCUT2D eigenvalue weighted by molar-refractivity contribution is -0.110. The Morgan fingerprint density at radius 1 is 1.62 bits per heavy atom. The van der Waals surface area contributed by atoms with Crippen molar-refractivity contribution in [2.45, 2.75) is 12.5 Å². The summed E-state index contributed by atoms with van der Waals surface area (Å²) in [7, 11) is -4.01. The number of thioether (sulfide) groups is 1. The van der Waals surface area contributed by atoms with Gasteiger partial charge >= 0.3 is 0 Å². The van der Waals surface area contributed by atoms with Crippen LogP contribution >= 0.6 is 11.8 Å². The molecule has 0 rings (SSSR count). The molecule has 0 aliphatic heterocycles. The van der Waals surface area contributed by atoms with Crippen LogP contribution in [0.25, 0.3) is 0 Å². The fourth-order valence-corrected chi connectivity index (χ4v) is 2.12. The summed E-state index contributed by atoms with van der Waals surface area (Å²) in [6.45, 7) is 0. The van der Waals surface area contributed by atoms with Gasteiger partial charge in [0, 0.05) is 6.04 Å². The van der Waals surface area contributed by atoms with Gasteiger partial charge in [-0.1, -0.05) is 0 Å². The smallest absolute Gasteiger partial charge is 0.266 e. The fraction of sp³-hybridized carbons (Fsp3) is 0.833. The lowest BCUT2D eigenvalue weighted by atomic mass is 10.3. The third-order valence-corrected chi connectivity index (χ3v) is 2.85. The molecule has 0 aliphatic rings. The molecule has 0 aromatic heterocycles. The van der Waals surface area contributed by atoms with Gasteiger partial charge in [0.05, 0.1) is 5.75 Å². The first-order valence-electron chi connectivity index (χ1n) is 3.63. The first-order chi connectivity index (χ1) is 5.99. The van der Waals surface area contributed by atoms with Crippen molar-refractivity contribution in [1.29, 1.82) is 0 Å². The Morgan fingerprint density at radius 2 is 2.23 bits per heavy atom. The van der Waals surface area contributed by atoms with Gasteiger partial charge in [0.25, 0.3) is 10.1 Å². The normalized spacial score (nSPS) is 13.7. The number of nitrogens with one attached hydrogen (secondary N) is 1. The van der Waals surface area contributed by atoms with Crippen LogP contribution in [0.1, 0.15) is 6.42 Å². The molecule has 0 saturated carbocycles. The number of amides is 1. The second-order valence-electron chi connectivity index (χ2n) is 2.51. The van der Waals surface area contributed by atoms with Crippen molar-refractivity contribution < 1.29 is 17.8 Å². The van der Waals surface area contributed by atoms with Gasteiger partial charge in [0.2, 0.25) is 6.41 Å². The first-order valence-corrected chi connectivity index (χ1v) is 6.63. The Balaban J connectivity index is 4.01. The maximum atomic E-state index is 10.5. The lowest BCUT2D eigenvalue weighted by Crippen LogP contribution is -2.35. The van der Waals surface area contributed by atoms with Crippen LogP contribution in [0.5, 0.6) is 0 Å². The summed E-state index contributed by atoms with van der Waals surface area (Å²) >= 11 is 1.55. The molecule has 0 aromatic carbocycles. The average Bonchev–Trinajstić information content (AvgIpc) is 1.98. The van der Waals surface area contributed by atoms with Crippen molar-refractivity contribution in [2.75, 3.05) is 17.8 Å². The van der Waals surface area contributed by atoms with E-state index in [-0.39, 0.29) is 0 Å². The van der Waals surface area contributed by atoms with Crippen molar-refractivity contribution in [1.82, 2.24) is 5.32 Å². The van der Waals surface area contributed by atoms with Crippen molar-refractivity contribution in [3.63, 3.8) is 0 Å². The molecule has 7 heteroatoms. The van der Waals surface area contributed by atoms with E-state index in [0.29, 0.717) is 12.8 Å². The molecule has 13 heavy (non-hydrogen) atoms. The van der Waals surface area contributed by atoms with Gasteiger partial charge in [-0.05, 0) is 18.4 Å². The molecular formula is C6H13NO4S2. The third-order valence-electron chi connectivity index (χ3n) is 1.39. The zero-order valence-electron chi connectivity index (χ0n) is 7.26. The van der Waals surface area contributed by atoms with Crippen LogP contribution in [-0.4, -0.2) is 43.2 Å². The Kier molecular flexibility index (Phi) is 6.10. The highest BCUT2D eigenvalue weighted by molar-refractivity contribution is 7.98. The van der Waals surface area contributed by atoms with Crippen LogP contribution in [0, 0.1) is 0 Å². The third kappa shape index (κ3) is 8.07. The van der Waals surface area contributed by atoms with Crippen LogP contribution in [0.2, 0.25) is 0 Å². The second kappa shape index (κ2) is 6.22. The lowest BCUT2D eigenvalue weighted by Gasteiger charge is -2.12. The maximum absolute atomic E-state index is 10.5. The molecule has 1 amide bonds. The Hall–Kier alpha value is -0.270. The van der Waals surface area contributed by atoms with E-state index in [2.05, 4.69) is 5.32 Å². The van der Waals surface area contributed by atoms with Gasteiger partial charge in [-0.15, -0.1) is 0 Å². The topological polar surface area (TPSA) is 83.5 Å². The van der Waals surface area contributed by atoms with Gasteiger partial charge in [-0.25, -0.2) is 0 Å². The zero-order chi connectivity index (χ0) is 10.3. The SMILES string of the molecule is CSCC[C@@H](CS(=O)(=O)O)NC=O. The molecule has 0 aromatic rings. The van der Waals surface area contributed by atoms with Crippen LogP contribution in [0.4, 0.5) is 0 Å². The van der Waals surface area contributed by atoms with E-state index < -0.39 is 21.9 Å². The minimum absolute atomic E-state index is 0.424. The van der Waals surface area contributed by atoms with E-state index in [9.17, 15) is 13.2 Å². The molecule has 0 spiro atoms. The predicted octanol–water partition coefficient (Wildman–Crippen LogP) is -0.258. The molecule has 0 aliphatic carbocycles. The summed E-state index contributed by atoms with van der Waals surface area (Å²) in [5.74, 6) is 0.313. The molecular weight excluding hydrogens is 214 g/mol. The molecule has 5 nitrogen and oxygen atoms in total. The first kappa shape index (κ1) is 12.7. The molecule has 78 valence electrons. The Bertz CT molecular complexity index is 239. The number of hydrogen-bond donors (Lipinski definition) is 2. The fourth-order valence-electron chi connectivity index (χ4n) is 0.825. The van der Waals surface area contributed by atoms with E-state index in [0.717, 1.165) is 5.75 Å². The van der Waals surface area contributed by atoms with Crippen LogP contribution in [0.15, 0.2) is 0 Å². The Labute approximate surface area is 82.0 Å². The minimum atomic E-state index is -4.01. The van der Waals surface area contributed by atoms with Crippen molar-refractivity contribution in [2.24, 2.45) is 0 Å². The van der Waals surface area contributed by atoms with E-state index in [1.807, 2.05) is 6.26 Å². The van der Waals surface area contributed by atoms with Gasteiger partial charge in [-0.2, -0.15) is 20.2 Å². The minimum Gasteiger partial charge on any atom is -0.355 e. The van der Waals surface area contributed by atoms with E-state index in [1.54, 1.807) is 11.8 Å². The number of rotatable bonds is 7. The van der Waals surface area contributed by atoms with Gasteiger partial charge in [0.15, 0.2) is 0 Å². The van der Waals surface area contributed by atoms with Gasteiger partial charge in [0.1, 0.15) is 0 Å². The molecule has 0 heterocycles. The van der Waals surface area contributed by atoms with E-state index >= 15 is 0 Å². The van der Waals surface area contributed by atoms with Crippen molar-refractivity contribution in [3.8, 4) is 0 Å². The van der Waals surface area contributed by atoms with Crippen molar-refractivity contribution in [3.05, 3.63) is 0 Å². The van der Waals surface area contributed by atoms with Crippen LogP contribution in [-0.2, 0) is 14.9 Å². The monoisotopic (exact) mass is 227 g/mol. The molecule has 0 radical (unpaired) electrons. The van der Waals surface area contributed by atoms with Crippen LogP contribution in [0.3, 0.4) is 0 Å². The van der Waals surface area contributed by atoms with Gasteiger partial charge < -0.3 is 5.32 Å². The largest absolute Gasteiger partial charge is 0.355 e. The highest BCUT2D eigenvalue weighted by atomic mass is 32.2. The highest BCUT2D eigenvalue weighted by Crippen LogP contribution is 2.02. The summed E-state index contributed by atoms with van der Waals surface area (Å²) in [6, 6.07) is -0.500. The summed E-state index contributed by atoms with van der Waals surface area (Å²) in [5, 5.41) is 2.34. The predicted molar refractivity (Wildman–Crippen MR) is 52.4 cm³/mol. The second-order valence-corrected chi connectivity index (χ2v) is 4.99. The molecule has 0 saturated heterocycles. The number of hydrogen-bond acceptors (Lipinski definition) is 4. The highest BCUT2D eigenvalue weighted by Gasteiger charge is 2.15. The average molecular weight is 227 g/mol. The molecule has 0 bridgehead atoms. The maximum Gasteiger partial charge on any atom is 0.266 e. The van der Waals surface area contributed by atoms with E-state index in [4.69, 9.17) is 4.55 Å². The number of carbonyl (C=O) groups excluding carboxylic acids is 1. The molecule has 0 unspecified atom stereocenters. The molecule has 1 atom stereocenters. The van der Waals surface area contributed by atoms with E-state index in [1.165, 1.54) is 0 Å². The quantitative estimate of drug-likeness (QED) is 0.462. The Morgan fingerprint density at radius 3 is 2.62 bits per heavy atom. The van der Waals surface area contributed by atoms with Gasteiger partial charge in [-0.3, -0.25) is 9.35 Å². The van der Waals surface area contributed by atoms with Crippen molar-refractivity contribution >= 4 is 28.3 Å². The molecule has 0 fully saturated rings. The summed E-state index contributed by atoms with van der Waals surface area (Å²) in [4.78, 5) is 10.1. The summed E-state index contributed by atoms with van der Waals surface area (Å²) in [6.07, 6.45) is 2.85. The van der Waals surface area contributed by atoms with Crippen LogP contribution < -0.4 is 5.32 Å².